The van der Waals surface area contributed by atoms with E-state index in [4.69, 9.17) is 30.2 Å². The van der Waals surface area contributed by atoms with Crippen LogP contribution >= 0.6 is 22.9 Å². The largest absolute Gasteiger partial charge is 0.485 e. The first-order chi connectivity index (χ1) is 16.2. The Kier molecular flexibility index (Phi) is 8.36. The number of ether oxygens (including phenoxy) is 3. The van der Waals surface area contributed by atoms with Crippen molar-refractivity contribution in [1.29, 1.82) is 0 Å². The average Bonchev–Trinajstić information content (AvgIpc) is 3.41. The number of carbonyl (C=O) groups is 3. The SMILES string of the molecule is CCCOC(=O)c1c(NC(=O)c2ccc(COc3ccc(Cl)cc3C)o2)sc(C(=O)OC)c1C. The molecule has 0 radical (unpaired) electrons. The van der Waals surface area contributed by atoms with E-state index >= 15 is 0 Å². The number of hydrogen-bond acceptors (Lipinski definition) is 8. The maximum atomic E-state index is 12.8. The van der Waals surface area contributed by atoms with Gasteiger partial charge in [0.1, 0.15) is 28.0 Å². The predicted molar refractivity (Wildman–Crippen MR) is 128 cm³/mol. The normalized spacial score (nSPS) is 10.6. The summed E-state index contributed by atoms with van der Waals surface area (Å²) in [4.78, 5) is 37.7. The quantitative estimate of drug-likeness (QED) is 0.366. The molecule has 0 saturated carbocycles. The molecule has 0 atom stereocenters. The summed E-state index contributed by atoms with van der Waals surface area (Å²) >= 11 is 6.90. The van der Waals surface area contributed by atoms with Gasteiger partial charge < -0.3 is 23.9 Å². The molecule has 2 aromatic heterocycles. The van der Waals surface area contributed by atoms with Crippen LogP contribution in [0.3, 0.4) is 0 Å². The number of nitrogens with one attached hydrogen (secondary N) is 1. The maximum absolute atomic E-state index is 12.8. The predicted octanol–water partition coefficient (Wildman–Crippen LogP) is 5.80. The van der Waals surface area contributed by atoms with Crippen molar-refractivity contribution < 1.29 is 33.0 Å². The summed E-state index contributed by atoms with van der Waals surface area (Å²) in [6.45, 7) is 5.65. The molecule has 0 spiro atoms. The van der Waals surface area contributed by atoms with Gasteiger partial charge in [0.2, 0.25) is 0 Å². The van der Waals surface area contributed by atoms with Gasteiger partial charge in [0, 0.05) is 5.02 Å². The third kappa shape index (κ3) is 5.78. The second-order valence-corrected chi connectivity index (χ2v) is 8.76. The van der Waals surface area contributed by atoms with Gasteiger partial charge in [-0.3, -0.25) is 4.79 Å². The third-order valence-electron chi connectivity index (χ3n) is 4.78. The Morgan fingerprint density at radius 3 is 2.56 bits per heavy atom. The molecule has 2 heterocycles. The first kappa shape index (κ1) is 25.3. The molecule has 1 aromatic carbocycles. The number of aryl methyl sites for hydroxylation is 1. The lowest BCUT2D eigenvalue weighted by atomic mass is 10.1. The number of furan rings is 1. The summed E-state index contributed by atoms with van der Waals surface area (Å²) < 4.78 is 21.4. The molecular weight excluding hydrogens is 482 g/mol. The molecule has 0 unspecified atom stereocenters. The fourth-order valence-electron chi connectivity index (χ4n) is 3.07. The highest BCUT2D eigenvalue weighted by atomic mass is 35.5. The topological polar surface area (TPSA) is 104 Å². The van der Waals surface area contributed by atoms with Crippen LogP contribution < -0.4 is 10.1 Å². The zero-order valence-electron chi connectivity index (χ0n) is 19.2. The number of hydrogen-bond donors (Lipinski definition) is 1. The van der Waals surface area contributed by atoms with E-state index in [0.29, 0.717) is 28.5 Å². The Hall–Kier alpha value is -3.30. The van der Waals surface area contributed by atoms with Crippen LogP contribution in [-0.4, -0.2) is 31.6 Å². The van der Waals surface area contributed by atoms with Gasteiger partial charge >= 0.3 is 11.9 Å². The van der Waals surface area contributed by atoms with Crippen LogP contribution in [0.25, 0.3) is 0 Å². The van der Waals surface area contributed by atoms with Gasteiger partial charge in [0.05, 0.1) is 19.3 Å². The van der Waals surface area contributed by atoms with E-state index in [2.05, 4.69) is 5.32 Å². The second kappa shape index (κ2) is 11.2. The number of halogens is 1. The van der Waals surface area contributed by atoms with Gasteiger partial charge in [0.25, 0.3) is 5.91 Å². The number of thiophene rings is 1. The van der Waals surface area contributed by atoms with Crippen molar-refractivity contribution in [3.8, 4) is 5.75 Å². The second-order valence-electron chi connectivity index (χ2n) is 7.31. The number of benzene rings is 1. The number of amides is 1. The molecule has 0 aliphatic rings. The van der Waals surface area contributed by atoms with Crippen molar-refractivity contribution in [1.82, 2.24) is 0 Å². The molecule has 10 heteroatoms. The molecular formula is C24H24ClNO7S. The minimum Gasteiger partial charge on any atom is -0.485 e. The Labute approximate surface area is 205 Å². The molecule has 1 amide bonds. The highest BCUT2D eigenvalue weighted by Gasteiger charge is 2.28. The van der Waals surface area contributed by atoms with Gasteiger partial charge in [-0.2, -0.15) is 0 Å². The Balaban J connectivity index is 1.76. The van der Waals surface area contributed by atoms with Crippen LogP contribution in [0.2, 0.25) is 5.02 Å². The van der Waals surface area contributed by atoms with Crippen LogP contribution in [-0.2, 0) is 16.1 Å². The lowest BCUT2D eigenvalue weighted by Gasteiger charge is -2.08. The first-order valence-electron chi connectivity index (χ1n) is 10.4. The van der Waals surface area contributed by atoms with E-state index < -0.39 is 17.8 Å². The van der Waals surface area contributed by atoms with E-state index in [9.17, 15) is 14.4 Å². The number of rotatable bonds is 9. The first-order valence-corrected chi connectivity index (χ1v) is 11.6. The molecule has 34 heavy (non-hydrogen) atoms. The van der Waals surface area contributed by atoms with Gasteiger partial charge in [-0.25, -0.2) is 9.59 Å². The molecule has 180 valence electrons. The van der Waals surface area contributed by atoms with Crippen molar-refractivity contribution in [2.75, 3.05) is 19.0 Å². The van der Waals surface area contributed by atoms with Crippen molar-refractivity contribution >= 4 is 45.8 Å². The van der Waals surface area contributed by atoms with Crippen LogP contribution in [0, 0.1) is 13.8 Å². The molecule has 8 nitrogen and oxygen atoms in total. The summed E-state index contributed by atoms with van der Waals surface area (Å²) in [7, 11) is 1.24. The van der Waals surface area contributed by atoms with Crippen LogP contribution in [0.15, 0.2) is 34.7 Å². The summed E-state index contributed by atoms with van der Waals surface area (Å²) in [5.74, 6) is -0.734. The number of methoxy groups -OCH3 is 1. The van der Waals surface area contributed by atoms with Crippen molar-refractivity contribution in [3.63, 3.8) is 0 Å². The highest BCUT2D eigenvalue weighted by Crippen LogP contribution is 2.34. The highest BCUT2D eigenvalue weighted by molar-refractivity contribution is 7.18. The van der Waals surface area contributed by atoms with Crippen molar-refractivity contribution in [3.05, 3.63) is 68.4 Å². The molecule has 0 fully saturated rings. The minimum atomic E-state index is -0.632. The zero-order chi connectivity index (χ0) is 24.8. The molecule has 3 aromatic rings. The lowest BCUT2D eigenvalue weighted by molar-refractivity contribution is 0.0506. The fourth-order valence-corrected chi connectivity index (χ4v) is 4.40. The van der Waals surface area contributed by atoms with E-state index in [-0.39, 0.29) is 34.4 Å². The average molecular weight is 506 g/mol. The number of esters is 2. The van der Waals surface area contributed by atoms with E-state index in [1.165, 1.54) is 13.2 Å². The maximum Gasteiger partial charge on any atom is 0.348 e. The van der Waals surface area contributed by atoms with E-state index in [1.54, 1.807) is 31.2 Å². The van der Waals surface area contributed by atoms with Gasteiger partial charge in [-0.05, 0) is 61.7 Å². The van der Waals surface area contributed by atoms with Crippen LogP contribution in [0.1, 0.15) is 60.8 Å². The standard InChI is InChI=1S/C24H24ClNO7S/c1-5-10-31-23(28)19-14(3)20(24(29)30-4)34-22(19)26-21(27)18-9-7-16(33-18)12-32-17-8-6-15(25)11-13(17)2/h6-9,11H,5,10,12H2,1-4H3,(H,26,27). The molecule has 1 N–H and O–H groups in total. The zero-order valence-corrected chi connectivity index (χ0v) is 20.7. The van der Waals surface area contributed by atoms with E-state index in [0.717, 1.165) is 16.9 Å². The third-order valence-corrected chi connectivity index (χ3v) is 6.20. The Morgan fingerprint density at radius 2 is 1.88 bits per heavy atom. The minimum absolute atomic E-state index is 0.0185. The summed E-state index contributed by atoms with van der Waals surface area (Å²) in [6.07, 6.45) is 0.632. The number of carbonyl (C=O) groups excluding carboxylic acids is 3. The molecule has 0 aliphatic carbocycles. The molecule has 0 bridgehead atoms. The van der Waals surface area contributed by atoms with Gasteiger partial charge in [-0.15, -0.1) is 11.3 Å². The summed E-state index contributed by atoms with van der Waals surface area (Å²) in [5.41, 5.74) is 1.36. The van der Waals surface area contributed by atoms with Crippen LogP contribution in [0.5, 0.6) is 5.75 Å². The van der Waals surface area contributed by atoms with Gasteiger partial charge in [-0.1, -0.05) is 18.5 Å². The number of anilines is 1. The lowest BCUT2D eigenvalue weighted by Crippen LogP contribution is -2.14. The molecule has 0 saturated heterocycles. The van der Waals surface area contributed by atoms with Gasteiger partial charge in [0.15, 0.2) is 5.76 Å². The Morgan fingerprint density at radius 1 is 1.12 bits per heavy atom. The van der Waals surface area contributed by atoms with Crippen LogP contribution in [0.4, 0.5) is 5.00 Å². The fraction of sp³-hybridized carbons (Fsp3) is 0.292. The molecule has 3 rings (SSSR count). The summed E-state index contributed by atoms with van der Waals surface area (Å²) in [5, 5.41) is 3.43. The Bertz CT molecular complexity index is 1210. The smallest absolute Gasteiger partial charge is 0.348 e. The summed E-state index contributed by atoms with van der Waals surface area (Å²) in [6, 6.07) is 8.38. The van der Waals surface area contributed by atoms with Crippen molar-refractivity contribution in [2.45, 2.75) is 33.8 Å². The van der Waals surface area contributed by atoms with Crippen molar-refractivity contribution in [2.24, 2.45) is 0 Å². The monoisotopic (exact) mass is 505 g/mol. The molecule has 0 aliphatic heterocycles. The van der Waals surface area contributed by atoms with E-state index in [1.807, 2.05) is 13.8 Å².